The summed E-state index contributed by atoms with van der Waals surface area (Å²) in [5.41, 5.74) is 0.861. The van der Waals surface area contributed by atoms with Crippen LogP contribution in [0.5, 0.6) is 0 Å². The summed E-state index contributed by atoms with van der Waals surface area (Å²) >= 11 is 0. The van der Waals surface area contributed by atoms with Crippen molar-refractivity contribution in [3.63, 3.8) is 0 Å². The van der Waals surface area contributed by atoms with Gasteiger partial charge in [-0.25, -0.2) is 4.39 Å². The highest BCUT2D eigenvalue weighted by Crippen LogP contribution is 2.29. The lowest BCUT2D eigenvalue weighted by molar-refractivity contribution is 0.384. The van der Waals surface area contributed by atoms with Crippen LogP contribution < -0.4 is 5.32 Å². The average molecular weight is 265 g/mol. The van der Waals surface area contributed by atoms with Gasteiger partial charge in [0.25, 0.3) is 0 Å². The van der Waals surface area contributed by atoms with Gasteiger partial charge in [-0.3, -0.25) is 0 Å². The Labute approximate surface area is 117 Å². The van der Waals surface area contributed by atoms with Crippen LogP contribution in [0.2, 0.25) is 0 Å². The lowest BCUT2D eigenvalue weighted by Crippen LogP contribution is -2.29. The zero-order chi connectivity index (χ0) is 14.3. The first kappa shape index (κ1) is 16.2. The Morgan fingerprint density at radius 2 is 1.79 bits per heavy atom. The average Bonchev–Trinajstić information content (AvgIpc) is 2.36. The third kappa shape index (κ3) is 5.32. The molecule has 0 aliphatic rings. The molecule has 108 valence electrons. The monoisotopic (exact) mass is 265 g/mol. The molecule has 0 heterocycles. The molecule has 0 aromatic heterocycles. The Kier molecular flexibility index (Phi) is 7.07. The molecule has 19 heavy (non-hydrogen) atoms. The Morgan fingerprint density at radius 3 is 2.37 bits per heavy atom. The van der Waals surface area contributed by atoms with Crippen LogP contribution in [0, 0.1) is 17.7 Å². The minimum Gasteiger partial charge on any atom is -0.316 e. The number of benzene rings is 1. The van der Waals surface area contributed by atoms with Crippen LogP contribution in [0.3, 0.4) is 0 Å². The van der Waals surface area contributed by atoms with Gasteiger partial charge in [0, 0.05) is 12.5 Å². The summed E-state index contributed by atoms with van der Waals surface area (Å²) in [4.78, 5) is 0. The second-order valence-corrected chi connectivity index (χ2v) is 5.95. The van der Waals surface area contributed by atoms with Crippen LogP contribution in [-0.2, 0) is 0 Å². The molecular formula is C17H28FN. The predicted molar refractivity (Wildman–Crippen MR) is 80.9 cm³/mol. The summed E-state index contributed by atoms with van der Waals surface area (Å²) in [6.07, 6.45) is 2.29. The van der Waals surface area contributed by atoms with Crippen molar-refractivity contribution >= 4 is 0 Å². The molecule has 0 aliphatic heterocycles. The van der Waals surface area contributed by atoms with Crippen molar-refractivity contribution in [2.75, 3.05) is 13.1 Å². The summed E-state index contributed by atoms with van der Waals surface area (Å²) in [5.74, 6) is 1.33. The maximum Gasteiger partial charge on any atom is 0.126 e. The molecule has 0 fully saturated rings. The van der Waals surface area contributed by atoms with E-state index in [0.717, 1.165) is 31.5 Å². The Morgan fingerprint density at radius 1 is 1.11 bits per heavy atom. The normalized spacial score (nSPS) is 14.6. The molecule has 1 nitrogen and oxygen atoms in total. The molecule has 1 aromatic rings. The second kappa shape index (κ2) is 8.31. The Hall–Kier alpha value is -0.890. The summed E-state index contributed by atoms with van der Waals surface area (Å²) in [7, 11) is 0. The van der Waals surface area contributed by atoms with Crippen LogP contribution in [0.25, 0.3) is 0 Å². The number of rotatable bonds is 8. The van der Waals surface area contributed by atoms with Gasteiger partial charge in [0.2, 0.25) is 0 Å². The fraction of sp³-hybridized carbons (Fsp3) is 0.647. The fourth-order valence-electron chi connectivity index (χ4n) is 2.58. The van der Waals surface area contributed by atoms with Gasteiger partial charge < -0.3 is 5.32 Å². The van der Waals surface area contributed by atoms with Gasteiger partial charge in [0.1, 0.15) is 5.82 Å². The molecule has 2 unspecified atom stereocenters. The molecule has 0 bridgehead atoms. The van der Waals surface area contributed by atoms with E-state index in [0.29, 0.717) is 11.8 Å². The van der Waals surface area contributed by atoms with E-state index in [4.69, 9.17) is 0 Å². The molecule has 2 heteroatoms. The third-order valence-electron chi connectivity index (χ3n) is 3.65. The van der Waals surface area contributed by atoms with E-state index in [1.807, 2.05) is 12.1 Å². The summed E-state index contributed by atoms with van der Waals surface area (Å²) in [6.45, 7) is 10.7. The summed E-state index contributed by atoms with van der Waals surface area (Å²) < 4.78 is 14.0. The molecule has 0 radical (unpaired) electrons. The number of hydrogen-bond acceptors (Lipinski definition) is 1. The van der Waals surface area contributed by atoms with E-state index >= 15 is 0 Å². The minimum atomic E-state index is -0.0678. The molecule has 0 saturated carbocycles. The highest BCUT2D eigenvalue weighted by atomic mass is 19.1. The standard InChI is InChI=1S/C17H28FN/c1-5-8-14(4)16(12-19-11-13(2)3)15-9-6-7-10-17(15)18/h6-7,9-10,13-14,16,19H,5,8,11-12H2,1-4H3. The maximum atomic E-state index is 14.0. The first-order chi connectivity index (χ1) is 9.06. The van der Waals surface area contributed by atoms with E-state index in [1.54, 1.807) is 12.1 Å². The van der Waals surface area contributed by atoms with Gasteiger partial charge >= 0.3 is 0 Å². The smallest absolute Gasteiger partial charge is 0.126 e. The van der Waals surface area contributed by atoms with Gasteiger partial charge in [0.05, 0.1) is 0 Å². The van der Waals surface area contributed by atoms with Crippen molar-refractivity contribution in [1.82, 2.24) is 5.32 Å². The van der Waals surface area contributed by atoms with E-state index < -0.39 is 0 Å². The Bertz CT molecular complexity index is 362. The van der Waals surface area contributed by atoms with Crippen molar-refractivity contribution in [3.05, 3.63) is 35.6 Å². The van der Waals surface area contributed by atoms with Crippen LogP contribution in [-0.4, -0.2) is 13.1 Å². The molecule has 0 aliphatic carbocycles. The maximum absolute atomic E-state index is 14.0. The largest absolute Gasteiger partial charge is 0.316 e. The van der Waals surface area contributed by atoms with Crippen molar-refractivity contribution in [3.8, 4) is 0 Å². The second-order valence-electron chi connectivity index (χ2n) is 5.95. The molecule has 1 aromatic carbocycles. The Balaban J connectivity index is 2.77. The van der Waals surface area contributed by atoms with Crippen LogP contribution >= 0.6 is 0 Å². The topological polar surface area (TPSA) is 12.0 Å². The molecule has 0 spiro atoms. The molecule has 1 rings (SSSR count). The summed E-state index contributed by atoms with van der Waals surface area (Å²) in [5, 5.41) is 3.48. The van der Waals surface area contributed by atoms with Crippen molar-refractivity contribution in [1.29, 1.82) is 0 Å². The number of hydrogen-bond donors (Lipinski definition) is 1. The minimum absolute atomic E-state index is 0.0678. The number of nitrogens with one attached hydrogen (secondary N) is 1. The highest BCUT2D eigenvalue weighted by Gasteiger charge is 2.21. The first-order valence-electron chi connectivity index (χ1n) is 7.51. The summed E-state index contributed by atoms with van der Waals surface area (Å²) in [6, 6.07) is 7.21. The zero-order valence-corrected chi connectivity index (χ0v) is 12.7. The first-order valence-corrected chi connectivity index (χ1v) is 7.51. The molecule has 2 atom stereocenters. The van der Waals surface area contributed by atoms with Crippen molar-refractivity contribution < 1.29 is 4.39 Å². The lowest BCUT2D eigenvalue weighted by Gasteiger charge is -2.25. The van der Waals surface area contributed by atoms with Crippen molar-refractivity contribution in [2.45, 2.75) is 46.5 Å². The van der Waals surface area contributed by atoms with Gasteiger partial charge in [-0.05, 0) is 30.0 Å². The van der Waals surface area contributed by atoms with Gasteiger partial charge in [-0.2, -0.15) is 0 Å². The molecule has 1 N–H and O–H groups in total. The van der Waals surface area contributed by atoms with Crippen LogP contribution in [0.1, 0.15) is 52.0 Å². The van der Waals surface area contributed by atoms with E-state index in [9.17, 15) is 4.39 Å². The van der Waals surface area contributed by atoms with Gasteiger partial charge in [-0.15, -0.1) is 0 Å². The molecule has 0 amide bonds. The lowest BCUT2D eigenvalue weighted by atomic mass is 9.84. The third-order valence-corrected chi connectivity index (χ3v) is 3.65. The molecular weight excluding hydrogens is 237 g/mol. The SMILES string of the molecule is CCCC(C)C(CNCC(C)C)c1ccccc1F. The van der Waals surface area contributed by atoms with Crippen LogP contribution in [0.15, 0.2) is 24.3 Å². The van der Waals surface area contributed by atoms with Crippen molar-refractivity contribution in [2.24, 2.45) is 11.8 Å². The number of halogens is 1. The van der Waals surface area contributed by atoms with Gasteiger partial charge in [-0.1, -0.05) is 58.7 Å². The van der Waals surface area contributed by atoms with Gasteiger partial charge in [0.15, 0.2) is 0 Å². The fourth-order valence-corrected chi connectivity index (χ4v) is 2.58. The quantitative estimate of drug-likeness (QED) is 0.725. The predicted octanol–water partition coefficient (Wildman–Crippen LogP) is 4.59. The van der Waals surface area contributed by atoms with E-state index in [2.05, 4.69) is 33.0 Å². The zero-order valence-electron chi connectivity index (χ0n) is 12.7. The van der Waals surface area contributed by atoms with Crippen LogP contribution in [0.4, 0.5) is 4.39 Å². The van der Waals surface area contributed by atoms with E-state index in [-0.39, 0.29) is 11.7 Å². The molecule has 0 saturated heterocycles. The van der Waals surface area contributed by atoms with E-state index in [1.165, 1.54) is 0 Å². The highest BCUT2D eigenvalue weighted by molar-refractivity contribution is 5.22.